The van der Waals surface area contributed by atoms with Gasteiger partial charge < -0.3 is 4.90 Å². The van der Waals surface area contributed by atoms with E-state index in [1.807, 2.05) is 51.2 Å². The lowest BCUT2D eigenvalue weighted by atomic mass is 10.2. The summed E-state index contributed by atoms with van der Waals surface area (Å²) in [6, 6.07) is 9.63. The van der Waals surface area contributed by atoms with Gasteiger partial charge in [0.15, 0.2) is 11.5 Å². The molecule has 1 amide bonds. The summed E-state index contributed by atoms with van der Waals surface area (Å²) < 4.78 is 1.98. The maximum atomic E-state index is 12.6. The lowest BCUT2D eigenvalue weighted by Crippen LogP contribution is -2.31. The zero-order valence-electron chi connectivity index (χ0n) is 11.3. The van der Waals surface area contributed by atoms with Gasteiger partial charge in [-0.25, -0.2) is 0 Å². The van der Waals surface area contributed by atoms with Crippen molar-refractivity contribution in [3.05, 3.63) is 52.6 Å². The number of aromatic nitrogens is 3. The van der Waals surface area contributed by atoms with Crippen LogP contribution in [-0.4, -0.2) is 31.9 Å². The summed E-state index contributed by atoms with van der Waals surface area (Å²) in [5, 5.41) is 10.4. The van der Waals surface area contributed by atoms with Gasteiger partial charge in [-0.1, -0.05) is 12.1 Å². The van der Waals surface area contributed by atoms with Crippen LogP contribution in [0, 0.1) is 0 Å². The minimum absolute atomic E-state index is 0.0111. The van der Waals surface area contributed by atoms with Crippen molar-refractivity contribution < 1.29 is 4.79 Å². The Hall–Kier alpha value is -2.21. The zero-order valence-corrected chi connectivity index (χ0v) is 12.2. The fraction of sp³-hybridized carbons (Fsp3) is 0.267. The van der Waals surface area contributed by atoms with E-state index < -0.39 is 0 Å². The number of carbonyl (C=O) groups is 1. The lowest BCUT2D eigenvalue weighted by Gasteiger charge is -2.22. The van der Waals surface area contributed by atoms with Crippen molar-refractivity contribution in [1.82, 2.24) is 19.5 Å². The standard InChI is InChI=1S/C15H14N4OS/c20-15(12-6-4-10-21-12)18-9-3-5-11(18)14-17-16-13-7-1-2-8-19(13)14/h1-2,4,6-8,10-11H,3,5,9H2/t11-/m0/s1. The molecule has 1 fully saturated rings. The second kappa shape index (κ2) is 4.96. The SMILES string of the molecule is O=C(c1cccs1)N1CCC[C@H]1c1nnc2ccccn12. The van der Waals surface area contributed by atoms with Crippen molar-refractivity contribution in [2.75, 3.05) is 6.54 Å². The smallest absolute Gasteiger partial charge is 0.264 e. The van der Waals surface area contributed by atoms with Crippen molar-refractivity contribution >= 4 is 22.9 Å². The van der Waals surface area contributed by atoms with Crippen LogP contribution in [0.2, 0.25) is 0 Å². The molecular formula is C15H14N4OS. The predicted molar refractivity (Wildman–Crippen MR) is 80.3 cm³/mol. The molecule has 3 aromatic rings. The monoisotopic (exact) mass is 298 g/mol. The Labute approximate surface area is 125 Å². The summed E-state index contributed by atoms with van der Waals surface area (Å²) in [5.74, 6) is 0.952. The maximum Gasteiger partial charge on any atom is 0.264 e. The van der Waals surface area contributed by atoms with Crippen LogP contribution in [0.4, 0.5) is 0 Å². The minimum atomic E-state index is 0.0111. The zero-order chi connectivity index (χ0) is 14.2. The van der Waals surface area contributed by atoms with Crippen molar-refractivity contribution in [2.24, 2.45) is 0 Å². The summed E-state index contributed by atoms with van der Waals surface area (Å²) in [6.45, 7) is 0.781. The number of likely N-dealkylation sites (tertiary alicyclic amines) is 1. The van der Waals surface area contributed by atoms with E-state index in [0.29, 0.717) is 0 Å². The van der Waals surface area contributed by atoms with Crippen LogP contribution >= 0.6 is 11.3 Å². The van der Waals surface area contributed by atoms with E-state index in [0.717, 1.165) is 35.7 Å². The van der Waals surface area contributed by atoms with E-state index in [9.17, 15) is 4.79 Å². The molecule has 0 bridgehead atoms. The Morgan fingerprint density at radius 1 is 1.24 bits per heavy atom. The molecule has 0 radical (unpaired) electrons. The third-order valence-corrected chi connectivity index (χ3v) is 4.74. The highest BCUT2D eigenvalue weighted by Gasteiger charge is 2.33. The number of amides is 1. The molecular weight excluding hydrogens is 284 g/mol. The largest absolute Gasteiger partial charge is 0.328 e. The molecule has 0 unspecified atom stereocenters. The average Bonchev–Trinajstić information content (AvgIpc) is 3.25. The van der Waals surface area contributed by atoms with E-state index in [-0.39, 0.29) is 11.9 Å². The van der Waals surface area contributed by atoms with Crippen LogP contribution in [-0.2, 0) is 0 Å². The summed E-state index contributed by atoms with van der Waals surface area (Å²) in [4.78, 5) is 15.3. The van der Waals surface area contributed by atoms with Gasteiger partial charge in [-0.15, -0.1) is 21.5 Å². The van der Waals surface area contributed by atoms with Gasteiger partial charge in [0.25, 0.3) is 5.91 Å². The highest BCUT2D eigenvalue weighted by molar-refractivity contribution is 7.12. The Bertz CT molecular complexity index is 780. The molecule has 1 atom stereocenters. The Balaban J connectivity index is 1.72. The normalized spacial score (nSPS) is 18.5. The van der Waals surface area contributed by atoms with Gasteiger partial charge in [-0.2, -0.15) is 0 Å². The number of fused-ring (bicyclic) bond motifs is 1. The topological polar surface area (TPSA) is 50.5 Å². The number of rotatable bonds is 2. The van der Waals surface area contributed by atoms with Gasteiger partial charge in [0.2, 0.25) is 0 Å². The van der Waals surface area contributed by atoms with E-state index in [4.69, 9.17) is 0 Å². The van der Waals surface area contributed by atoms with Crippen LogP contribution in [0.25, 0.3) is 5.65 Å². The number of carbonyl (C=O) groups excluding carboxylic acids is 1. The molecule has 0 aliphatic carbocycles. The lowest BCUT2D eigenvalue weighted by molar-refractivity contribution is 0.0734. The Morgan fingerprint density at radius 2 is 2.19 bits per heavy atom. The molecule has 0 saturated carbocycles. The fourth-order valence-corrected chi connectivity index (χ4v) is 3.59. The first-order valence-electron chi connectivity index (χ1n) is 6.99. The molecule has 5 nitrogen and oxygen atoms in total. The van der Waals surface area contributed by atoms with Crippen molar-refractivity contribution in [3.63, 3.8) is 0 Å². The summed E-state index contributed by atoms with van der Waals surface area (Å²) in [7, 11) is 0. The summed E-state index contributed by atoms with van der Waals surface area (Å²) in [6.07, 6.45) is 3.90. The van der Waals surface area contributed by atoms with E-state index in [1.165, 1.54) is 11.3 Å². The number of nitrogens with zero attached hydrogens (tertiary/aromatic N) is 4. The fourth-order valence-electron chi connectivity index (χ4n) is 2.91. The first-order valence-corrected chi connectivity index (χ1v) is 7.87. The van der Waals surface area contributed by atoms with Gasteiger partial charge in [0.1, 0.15) is 0 Å². The van der Waals surface area contributed by atoms with E-state index >= 15 is 0 Å². The summed E-state index contributed by atoms with van der Waals surface area (Å²) in [5.41, 5.74) is 0.822. The second-order valence-corrected chi connectivity index (χ2v) is 6.07. The molecule has 1 aliphatic rings. The van der Waals surface area contributed by atoms with Crippen LogP contribution < -0.4 is 0 Å². The molecule has 1 saturated heterocycles. The molecule has 0 aromatic carbocycles. The number of hydrogen-bond acceptors (Lipinski definition) is 4. The third kappa shape index (κ3) is 2.03. The first-order chi connectivity index (χ1) is 10.3. The number of thiophene rings is 1. The predicted octanol–water partition coefficient (Wildman–Crippen LogP) is 2.77. The van der Waals surface area contributed by atoms with Crippen LogP contribution in [0.5, 0.6) is 0 Å². The number of pyridine rings is 1. The Morgan fingerprint density at radius 3 is 3.05 bits per heavy atom. The van der Waals surface area contributed by atoms with Crippen molar-refractivity contribution in [2.45, 2.75) is 18.9 Å². The molecule has 106 valence electrons. The van der Waals surface area contributed by atoms with E-state index in [1.54, 1.807) is 0 Å². The Kier molecular flexibility index (Phi) is 2.96. The highest BCUT2D eigenvalue weighted by atomic mass is 32.1. The molecule has 0 N–H and O–H groups in total. The van der Waals surface area contributed by atoms with Crippen LogP contribution in [0.1, 0.15) is 34.4 Å². The van der Waals surface area contributed by atoms with Gasteiger partial charge in [0, 0.05) is 12.7 Å². The quantitative estimate of drug-likeness (QED) is 0.731. The van der Waals surface area contributed by atoms with Crippen molar-refractivity contribution in [1.29, 1.82) is 0 Å². The number of hydrogen-bond donors (Lipinski definition) is 0. The second-order valence-electron chi connectivity index (χ2n) is 5.12. The maximum absolute atomic E-state index is 12.6. The third-order valence-electron chi connectivity index (χ3n) is 3.88. The summed E-state index contributed by atoms with van der Waals surface area (Å²) >= 11 is 1.49. The van der Waals surface area contributed by atoms with E-state index in [2.05, 4.69) is 10.2 Å². The van der Waals surface area contributed by atoms with Crippen LogP contribution in [0.3, 0.4) is 0 Å². The van der Waals surface area contributed by atoms with Crippen LogP contribution in [0.15, 0.2) is 41.9 Å². The molecule has 0 spiro atoms. The molecule has 21 heavy (non-hydrogen) atoms. The van der Waals surface area contributed by atoms with Gasteiger partial charge in [-0.3, -0.25) is 9.20 Å². The van der Waals surface area contributed by atoms with Crippen molar-refractivity contribution in [3.8, 4) is 0 Å². The molecule has 4 rings (SSSR count). The van der Waals surface area contributed by atoms with Gasteiger partial charge >= 0.3 is 0 Å². The molecule has 6 heteroatoms. The minimum Gasteiger partial charge on any atom is -0.328 e. The molecule has 1 aliphatic heterocycles. The van der Waals surface area contributed by atoms with Gasteiger partial charge in [-0.05, 0) is 36.4 Å². The molecule has 3 aromatic heterocycles. The first kappa shape index (κ1) is 12.5. The molecule has 4 heterocycles. The highest BCUT2D eigenvalue weighted by Crippen LogP contribution is 2.32. The average molecular weight is 298 g/mol. The van der Waals surface area contributed by atoms with Gasteiger partial charge in [0.05, 0.1) is 10.9 Å².